The SMILES string of the molecule is CCOC(=O)c1ccc(NC(=S)NC(NC(=O)c2cccc(I)c2)C(Cl)(Cl)Cl)cc1. The normalized spacial score (nSPS) is 11.9. The third-order valence-corrected chi connectivity index (χ3v) is 5.16. The quantitative estimate of drug-likeness (QED) is 0.144. The lowest BCUT2D eigenvalue weighted by atomic mass is 10.2. The number of alkyl halides is 3. The van der Waals surface area contributed by atoms with E-state index in [4.69, 9.17) is 51.8 Å². The van der Waals surface area contributed by atoms with Gasteiger partial charge in [-0.1, -0.05) is 40.9 Å². The zero-order valence-electron chi connectivity index (χ0n) is 15.5. The van der Waals surface area contributed by atoms with E-state index in [1.165, 1.54) is 0 Å². The lowest BCUT2D eigenvalue weighted by Crippen LogP contribution is -2.56. The average Bonchev–Trinajstić information content (AvgIpc) is 2.67. The smallest absolute Gasteiger partial charge is 0.338 e. The van der Waals surface area contributed by atoms with Crippen molar-refractivity contribution in [3.63, 3.8) is 0 Å². The van der Waals surface area contributed by atoms with Crippen LogP contribution in [0.2, 0.25) is 0 Å². The number of carbonyl (C=O) groups is 2. The summed E-state index contributed by atoms with van der Waals surface area (Å²) < 4.78 is 3.95. The number of nitrogens with one attached hydrogen (secondary N) is 3. The maximum atomic E-state index is 12.5. The Kier molecular flexibility index (Phi) is 9.42. The van der Waals surface area contributed by atoms with Gasteiger partial charge in [0.2, 0.25) is 3.79 Å². The Labute approximate surface area is 208 Å². The van der Waals surface area contributed by atoms with Crippen LogP contribution in [-0.4, -0.2) is 33.6 Å². The fourth-order valence-electron chi connectivity index (χ4n) is 2.25. The molecule has 0 saturated carbocycles. The van der Waals surface area contributed by atoms with Crippen molar-refractivity contribution >= 4 is 92.3 Å². The second-order valence-corrected chi connectivity index (χ2v) is 9.88. The van der Waals surface area contributed by atoms with E-state index < -0.39 is 21.8 Å². The molecule has 1 amide bonds. The van der Waals surface area contributed by atoms with Gasteiger partial charge < -0.3 is 20.7 Å². The maximum Gasteiger partial charge on any atom is 0.338 e. The van der Waals surface area contributed by atoms with E-state index in [-0.39, 0.29) is 5.11 Å². The van der Waals surface area contributed by atoms with Crippen molar-refractivity contribution in [2.24, 2.45) is 0 Å². The summed E-state index contributed by atoms with van der Waals surface area (Å²) >= 11 is 25.4. The zero-order chi connectivity index (χ0) is 22.3. The minimum absolute atomic E-state index is 0.109. The van der Waals surface area contributed by atoms with Crippen molar-refractivity contribution < 1.29 is 14.3 Å². The molecule has 0 radical (unpaired) electrons. The molecule has 2 aromatic rings. The molecule has 0 bridgehead atoms. The summed E-state index contributed by atoms with van der Waals surface area (Å²) in [6.07, 6.45) is -1.10. The first-order chi connectivity index (χ1) is 14.1. The molecule has 11 heteroatoms. The van der Waals surface area contributed by atoms with Gasteiger partial charge in [-0.3, -0.25) is 4.79 Å². The molecule has 30 heavy (non-hydrogen) atoms. The number of hydrogen-bond donors (Lipinski definition) is 3. The van der Waals surface area contributed by atoms with Gasteiger partial charge in [-0.05, 0) is 84.2 Å². The molecule has 0 spiro atoms. The molecule has 0 fully saturated rings. The Morgan fingerprint density at radius 1 is 1.10 bits per heavy atom. The molecule has 1 unspecified atom stereocenters. The Hall–Kier alpha value is -1.33. The van der Waals surface area contributed by atoms with E-state index in [0.29, 0.717) is 23.4 Å². The molecule has 0 heterocycles. The number of esters is 1. The minimum atomic E-state index is -1.88. The van der Waals surface area contributed by atoms with E-state index in [2.05, 4.69) is 38.5 Å². The standard InChI is InChI=1S/C19H17Cl3IN3O3S/c1-2-29-16(28)11-6-8-14(9-7-11)24-18(30)26-17(19(20,21)22)25-15(27)12-4-3-5-13(23)10-12/h3-10,17H,2H2,1H3,(H,25,27)(H2,24,26,30). The second kappa shape index (κ2) is 11.3. The predicted octanol–water partition coefficient (Wildman–Crippen LogP) is 4.88. The van der Waals surface area contributed by atoms with Gasteiger partial charge in [0.1, 0.15) is 6.17 Å². The number of thiocarbonyl (C=S) groups is 1. The number of halogens is 4. The van der Waals surface area contributed by atoms with E-state index in [1.54, 1.807) is 49.4 Å². The Morgan fingerprint density at radius 3 is 2.33 bits per heavy atom. The predicted molar refractivity (Wildman–Crippen MR) is 132 cm³/mol. The fourth-order valence-corrected chi connectivity index (χ4v) is 3.35. The average molecular weight is 601 g/mol. The lowest BCUT2D eigenvalue weighted by Gasteiger charge is -2.27. The van der Waals surface area contributed by atoms with Crippen LogP contribution >= 0.6 is 69.6 Å². The fraction of sp³-hybridized carbons (Fsp3) is 0.211. The summed E-state index contributed by atoms with van der Waals surface area (Å²) in [5, 5.41) is 8.41. The molecule has 160 valence electrons. The third-order valence-electron chi connectivity index (χ3n) is 3.62. The van der Waals surface area contributed by atoms with E-state index >= 15 is 0 Å². The number of anilines is 1. The number of ether oxygens (including phenoxy) is 1. The first kappa shape index (κ1) is 24.9. The highest BCUT2D eigenvalue weighted by Crippen LogP contribution is 2.29. The van der Waals surface area contributed by atoms with Crippen LogP contribution in [0.25, 0.3) is 0 Å². The van der Waals surface area contributed by atoms with Crippen molar-refractivity contribution in [2.45, 2.75) is 16.9 Å². The molecule has 3 N–H and O–H groups in total. The molecular formula is C19H17Cl3IN3O3S. The summed E-state index contributed by atoms with van der Waals surface area (Å²) in [7, 11) is 0. The summed E-state index contributed by atoms with van der Waals surface area (Å²) in [5.74, 6) is -0.849. The molecule has 0 aliphatic carbocycles. The summed E-state index contributed by atoms with van der Waals surface area (Å²) in [6, 6.07) is 13.4. The van der Waals surface area contributed by atoms with Gasteiger partial charge in [0.25, 0.3) is 5.91 Å². The van der Waals surface area contributed by atoms with Gasteiger partial charge in [-0.25, -0.2) is 4.79 Å². The first-order valence-corrected chi connectivity index (χ1v) is 11.2. The van der Waals surface area contributed by atoms with Crippen molar-refractivity contribution in [3.05, 3.63) is 63.2 Å². The van der Waals surface area contributed by atoms with E-state index in [1.807, 2.05) is 6.07 Å². The number of benzene rings is 2. The van der Waals surface area contributed by atoms with Crippen molar-refractivity contribution in [3.8, 4) is 0 Å². The Balaban J connectivity index is 2.03. The number of rotatable bonds is 6. The van der Waals surface area contributed by atoms with Gasteiger partial charge in [0.15, 0.2) is 5.11 Å². The Morgan fingerprint density at radius 2 is 1.77 bits per heavy atom. The highest BCUT2D eigenvalue weighted by molar-refractivity contribution is 14.1. The van der Waals surface area contributed by atoms with Gasteiger partial charge in [0, 0.05) is 14.8 Å². The number of carbonyl (C=O) groups excluding carboxylic acids is 2. The van der Waals surface area contributed by atoms with Crippen LogP contribution in [-0.2, 0) is 4.74 Å². The molecule has 0 aromatic heterocycles. The highest BCUT2D eigenvalue weighted by atomic mass is 127. The largest absolute Gasteiger partial charge is 0.462 e. The third kappa shape index (κ3) is 7.73. The van der Waals surface area contributed by atoms with Crippen LogP contribution in [0.4, 0.5) is 5.69 Å². The van der Waals surface area contributed by atoms with Gasteiger partial charge in [0.05, 0.1) is 12.2 Å². The van der Waals surface area contributed by atoms with Crippen molar-refractivity contribution in [1.82, 2.24) is 10.6 Å². The van der Waals surface area contributed by atoms with Crippen LogP contribution < -0.4 is 16.0 Å². The van der Waals surface area contributed by atoms with E-state index in [0.717, 1.165) is 3.57 Å². The van der Waals surface area contributed by atoms with Gasteiger partial charge >= 0.3 is 5.97 Å². The van der Waals surface area contributed by atoms with Crippen LogP contribution in [0.1, 0.15) is 27.6 Å². The monoisotopic (exact) mass is 599 g/mol. The molecule has 0 saturated heterocycles. The number of hydrogen-bond acceptors (Lipinski definition) is 4. The summed E-state index contributed by atoms with van der Waals surface area (Å²) in [5.41, 5.74) is 1.41. The van der Waals surface area contributed by atoms with Crippen molar-refractivity contribution in [1.29, 1.82) is 0 Å². The van der Waals surface area contributed by atoms with Crippen LogP contribution in [0, 0.1) is 3.57 Å². The van der Waals surface area contributed by atoms with E-state index in [9.17, 15) is 9.59 Å². The molecular weight excluding hydrogens is 584 g/mol. The Bertz CT molecular complexity index is 923. The molecule has 6 nitrogen and oxygen atoms in total. The summed E-state index contributed by atoms with van der Waals surface area (Å²) in [4.78, 5) is 24.2. The first-order valence-electron chi connectivity index (χ1n) is 8.58. The topological polar surface area (TPSA) is 79.5 Å². The van der Waals surface area contributed by atoms with Crippen LogP contribution in [0.5, 0.6) is 0 Å². The molecule has 0 aliphatic rings. The maximum absolute atomic E-state index is 12.5. The van der Waals surface area contributed by atoms with Crippen molar-refractivity contribution in [2.75, 3.05) is 11.9 Å². The lowest BCUT2D eigenvalue weighted by molar-refractivity contribution is 0.0526. The van der Waals surface area contributed by atoms with Crippen LogP contribution in [0.15, 0.2) is 48.5 Å². The van der Waals surface area contributed by atoms with Gasteiger partial charge in [-0.15, -0.1) is 0 Å². The van der Waals surface area contributed by atoms with Crippen LogP contribution in [0.3, 0.4) is 0 Å². The minimum Gasteiger partial charge on any atom is -0.462 e. The summed E-state index contributed by atoms with van der Waals surface area (Å²) in [6.45, 7) is 2.02. The number of amides is 1. The zero-order valence-corrected chi connectivity index (χ0v) is 20.8. The molecule has 2 aromatic carbocycles. The molecule has 1 atom stereocenters. The molecule has 0 aliphatic heterocycles. The van der Waals surface area contributed by atoms with Gasteiger partial charge in [-0.2, -0.15) is 0 Å². The second-order valence-electron chi connectivity index (χ2n) is 5.85. The highest BCUT2D eigenvalue weighted by Gasteiger charge is 2.35. The molecule has 2 rings (SSSR count).